The van der Waals surface area contributed by atoms with Gasteiger partial charge in [-0.05, 0) is 33.6 Å². The average Bonchev–Trinajstić information content (AvgIpc) is 2.36. The van der Waals surface area contributed by atoms with Crippen LogP contribution in [0.2, 0.25) is 5.02 Å². The molecular formula is C14H15BrClN3. The molecule has 0 aliphatic rings. The van der Waals surface area contributed by atoms with Crippen LogP contribution in [-0.4, -0.2) is 9.97 Å². The van der Waals surface area contributed by atoms with Crippen LogP contribution in [0.1, 0.15) is 31.2 Å². The van der Waals surface area contributed by atoms with Crippen LogP contribution in [0.4, 0.5) is 5.82 Å². The van der Waals surface area contributed by atoms with E-state index < -0.39 is 0 Å². The van der Waals surface area contributed by atoms with Crippen molar-refractivity contribution in [1.82, 2.24) is 9.97 Å². The van der Waals surface area contributed by atoms with E-state index in [1.165, 1.54) is 0 Å². The van der Waals surface area contributed by atoms with Crippen LogP contribution in [0, 0.1) is 0 Å². The average molecular weight is 341 g/mol. The number of rotatable bonds is 4. The smallest absolute Gasteiger partial charge is 0.134 e. The zero-order valence-electron chi connectivity index (χ0n) is 10.8. The standard InChI is InChI=1S/C14H15BrClN3/c1-9(2)14-18-12(15)7-13(19-14)17-8-10-4-3-5-11(16)6-10/h3-7,9H,8H2,1-2H3,(H,17,18,19). The lowest BCUT2D eigenvalue weighted by molar-refractivity contribution is 0.769. The summed E-state index contributed by atoms with van der Waals surface area (Å²) >= 11 is 9.36. The number of hydrogen-bond acceptors (Lipinski definition) is 3. The first-order valence-corrected chi connectivity index (χ1v) is 7.24. The Kier molecular flexibility index (Phi) is 4.77. The van der Waals surface area contributed by atoms with Gasteiger partial charge in [-0.25, -0.2) is 9.97 Å². The van der Waals surface area contributed by atoms with E-state index in [2.05, 4.69) is 45.1 Å². The number of anilines is 1. The summed E-state index contributed by atoms with van der Waals surface area (Å²) < 4.78 is 0.791. The summed E-state index contributed by atoms with van der Waals surface area (Å²) in [4.78, 5) is 8.83. The van der Waals surface area contributed by atoms with Crippen LogP contribution >= 0.6 is 27.5 Å². The zero-order chi connectivity index (χ0) is 13.8. The van der Waals surface area contributed by atoms with Gasteiger partial charge in [0, 0.05) is 23.6 Å². The lowest BCUT2D eigenvalue weighted by atomic mass is 10.2. The highest BCUT2D eigenvalue weighted by molar-refractivity contribution is 9.10. The molecule has 0 saturated heterocycles. The Morgan fingerprint density at radius 2 is 2.05 bits per heavy atom. The van der Waals surface area contributed by atoms with E-state index in [1.54, 1.807) is 0 Å². The number of nitrogens with one attached hydrogen (secondary N) is 1. The SMILES string of the molecule is CC(C)c1nc(Br)cc(NCc2cccc(Cl)c2)n1. The van der Waals surface area contributed by atoms with Crippen LogP contribution in [-0.2, 0) is 6.54 Å². The Hall–Kier alpha value is -1.13. The molecule has 1 heterocycles. The van der Waals surface area contributed by atoms with Crippen molar-refractivity contribution in [2.24, 2.45) is 0 Å². The lowest BCUT2D eigenvalue weighted by Gasteiger charge is -2.10. The third-order valence-electron chi connectivity index (χ3n) is 2.59. The maximum Gasteiger partial charge on any atom is 0.134 e. The predicted molar refractivity (Wildman–Crippen MR) is 82.6 cm³/mol. The van der Waals surface area contributed by atoms with Crippen LogP contribution in [0.25, 0.3) is 0 Å². The number of halogens is 2. The first kappa shape index (κ1) is 14.3. The van der Waals surface area contributed by atoms with Gasteiger partial charge >= 0.3 is 0 Å². The van der Waals surface area contributed by atoms with Gasteiger partial charge in [-0.3, -0.25) is 0 Å². The van der Waals surface area contributed by atoms with Crippen molar-refractivity contribution in [2.45, 2.75) is 26.3 Å². The van der Waals surface area contributed by atoms with Gasteiger partial charge in [-0.15, -0.1) is 0 Å². The maximum absolute atomic E-state index is 5.96. The molecule has 1 N–H and O–H groups in total. The normalized spacial score (nSPS) is 10.8. The molecule has 100 valence electrons. The van der Waals surface area contributed by atoms with E-state index in [-0.39, 0.29) is 0 Å². The molecule has 0 radical (unpaired) electrons. The molecule has 0 atom stereocenters. The molecule has 0 aliphatic carbocycles. The van der Waals surface area contributed by atoms with Gasteiger partial charge in [0.05, 0.1) is 0 Å². The van der Waals surface area contributed by atoms with Crippen molar-refractivity contribution in [2.75, 3.05) is 5.32 Å². The van der Waals surface area contributed by atoms with Crippen molar-refractivity contribution in [3.05, 3.63) is 51.3 Å². The van der Waals surface area contributed by atoms with E-state index in [9.17, 15) is 0 Å². The monoisotopic (exact) mass is 339 g/mol. The molecule has 0 spiro atoms. The molecule has 0 bridgehead atoms. The third kappa shape index (κ3) is 4.18. The minimum absolute atomic E-state index is 0.296. The summed E-state index contributed by atoms with van der Waals surface area (Å²) in [6, 6.07) is 9.64. The summed E-state index contributed by atoms with van der Waals surface area (Å²) in [5.74, 6) is 1.93. The predicted octanol–water partition coefficient (Wildman–Crippen LogP) is 4.63. The van der Waals surface area contributed by atoms with E-state index >= 15 is 0 Å². The first-order valence-electron chi connectivity index (χ1n) is 6.07. The Bertz CT molecular complexity index is 572. The highest BCUT2D eigenvalue weighted by atomic mass is 79.9. The second-order valence-electron chi connectivity index (χ2n) is 4.57. The second-order valence-corrected chi connectivity index (χ2v) is 5.82. The lowest BCUT2D eigenvalue weighted by Crippen LogP contribution is -2.05. The topological polar surface area (TPSA) is 37.8 Å². The van der Waals surface area contributed by atoms with Gasteiger partial charge < -0.3 is 5.32 Å². The van der Waals surface area contributed by atoms with Gasteiger partial charge in [0.25, 0.3) is 0 Å². The van der Waals surface area contributed by atoms with Gasteiger partial charge in [0.1, 0.15) is 16.2 Å². The van der Waals surface area contributed by atoms with Crippen LogP contribution in [0.3, 0.4) is 0 Å². The Labute approximate surface area is 126 Å². The minimum atomic E-state index is 0.296. The van der Waals surface area contributed by atoms with E-state index in [0.29, 0.717) is 12.5 Å². The molecule has 3 nitrogen and oxygen atoms in total. The van der Waals surface area contributed by atoms with Gasteiger partial charge in [0.15, 0.2) is 0 Å². The van der Waals surface area contributed by atoms with Crippen LogP contribution < -0.4 is 5.32 Å². The number of aromatic nitrogens is 2. The molecule has 1 aromatic heterocycles. The van der Waals surface area contributed by atoms with Gasteiger partial charge in [-0.2, -0.15) is 0 Å². The minimum Gasteiger partial charge on any atom is -0.366 e. The third-order valence-corrected chi connectivity index (χ3v) is 3.23. The molecule has 0 aliphatic heterocycles. The van der Waals surface area contributed by atoms with Crippen LogP contribution in [0.15, 0.2) is 34.9 Å². The fourth-order valence-electron chi connectivity index (χ4n) is 1.62. The van der Waals surface area contributed by atoms with Crippen molar-refractivity contribution in [3.63, 3.8) is 0 Å². The molecule has 0 amide bonds. The summed E-state index contributed by atoms with van der Waals surface area (Å²) in [5, 5.41) is 4.03. The van der Waals surface area contributed by atoms with Crippen molar-refractivity contribution < 1.29 is 0 Å². The van der Waals surface area contributed by atoms with E-state index in [0.717, 1.165) is 26.8 Å². The largest absolute Gasteiger partial charge is 0.366 e. The van der Waals surface area contributed by atoms with Crippen molar-refractivity contribution >= 4 is 33.3 Å². The quantitative estimate of drug-likeness (QED) is 0.825. The molecule has 2 aromatic rings. The summed E-state index contributed by atoms with van der Waals surface area (Å²) in [6.07, 6.45) is 0. The fraction of sp³-hybridized carbons (Fsp3) is 0.286. The summed E-state index contributed by atoms with van der Waals surface area (Å²) in [5.41, 5.74) is 1.12. The molecular weight excluding hydrogens is 326 g/mol. The molecule has 5 heteroatoms. The van der Waals surface area contributed by atoms with Crippen molar-refractivity contribution in [3.8, 4) is 0 Å². The fourth-order valence-corrected chi connectivity index (χ4v) is 2.23. The molecule has 0 unspecified atom stereocenters. The Morgan fingerprint density at radius 1 is 1.26 bits per heavy atom. The zero-order valence-corrected chi connectivity index (χ0v) is 13.2. The Balaban J connectivity index is 2.11. The number of nitrogens with zero attached hydrogens (tertiary/aromatic N) is 2. The van der Waals surface area contributed by atoms with E-state index in [4.69, 9.17) is 11.6 Å². The summed E-state index contributed by atoms with van der Waals surface area (Å²) in [7, 11) is 0. The highest BCUT2D eigenvalue weighted by Gasteiger charge is 2.06. The highest BCUT2D eigenvalue weighted by Crippen LogP contribution is 2.18. The molecule has 1 aromatic carbocycles. The van der Waals surface area contributed by atoms with Crippen molar-refractivity contribution in [1.29, 1.82) is 0 Å². The second kappa shape index (κ2) is 6.35. The molecule has 0 fully saturated rings. The maximum atomic E-state index is 5.96. The molecule has 2 rings (SSSR count). The van der Waals surface area contributed by atoms with Crippen LogP contribution in [0.5, 0.6) is 0 Å². The van der Waals surface area contributed by atoms with E-state index in [1.807, 2.05) is 30.3 Å². The number of benzene rings is 1. The number of hydrogen-bond donors (Lipinski definition) is 1. The van der Waals surface area contributed by atoms with Gasteiger partial charge in [0.2, 0.25) is 0 Å². The van der Waals surface area contributed by atoms with Gasteiger partial charge in [-0.1, -0.05) is 37.6 Å². The molecule has 0 saturated carbocycles. The molecule has 19 heavy (non-hydrogen) atoms. The Morgan fingerprint density at radius 3 is 2.74 bits per heavy atom. The first-order chi connectivity index (χ1) is 9.04. The summed E-state index contributed by atoms with van der Waals surface area (Å²) in [6.45, 7) is 4.83.